The third-order valence-electron chi connectivity index (χ3n) is 5.00. The lowest BCUT2D eigenvalue weighted by atomic mass is 10.1. The quantitative estimate of drug-likeness (QED) is 0.221. The maximum atomic E-state index is 13.0. The number of thioether (sulfide) groups is 1. The Bertz CT molecular complexity index is 1290. The number of hydrogen-bond acceptors (Lipinski definition) is 5. The van der Waals surface area contributed by atoms with Crippen LogP contribution in [0, 0.1) is 6.92 Å². The third kappa shape index (κ3) is 5.30. The fourth-order valence-electron chi connectivity index (χ4n) is 3.21. The number of nitrogens with zero attached hydrogens (tertiary/aromatic N) is 1. The van der Waals surface area contributed by atoms with Gasteiger partial charge in [0.15, 0.2) is 0 Å². The SMILES string of the molecule is Cc1ccccc1CN1C(=O)S/C(=C\c2cc(Cl)ccc2OC(=O)c2ccc(Cl)cc2)C1=O. The molecule has 8 heteroatoms. The Labute approximate surface area is 204 Å². The van der Waals surface area contributed by atoms with Crippen molar-refractivity contribution in [2.75, 3.05) is 0 Å². The molecule has 0 N–H and O–H groups in total. The van der Waals surface area contributed by atoms with E-state index in [0.29, 0.717) is 21.2 Å². The number of carbonyl (C=O) groups excluding carboxylic acids is 3. The van der Waals surface area contributed by atoms with Gasteiger partial charge >= 0.3 is 5.97 Å². The highest BCUT2D eigenvalue weighted by Crippen LogP contribution is 2.36. The van der Waals surface area contributed by atoms with E-state index in [1.54, 1.807) is 42.5 Å². The molecule has 1 aliphatic heterocycles. The summed E-state index contributed by atoms with van der Waals surface area (Å²) < 4.78 is 5.53. The second kappa shape index (κ2) is 9.83. The van der Waals surface area contributed by atoms with Crippen molar-refractivity contribution in [1.29, 1.82) is 0 Å². The summed E-state index contributed by atoms with van der Waals surface area (Å²) in [5.74, 6) is -0.787. The van der Waals surface area contributed by atoms with Crippen molar-refractivity contribution in [3.05, 3.63) is 104 Å². The first-order valence-corrected chi connectivity index (χ1v) is 11.5. The minimum atomic E-state index is -0.587. The number of carbonyl (C=O) groups is 3. The number of aryl methyl sites for hydroxylation is 1. The molecule has 166 valence electrons. The maximum absolute atomic E-state index is 13.0. The van der Waals surface area contributed by atoms with E-state index in [0.717, 1.165) is 22.9 Å². The van der Waals surface area contributed by atoms with Crippen LogP contribution in [0.25, 0.3) is 6.08 Å². The van der Waals surface area contributed by atoms with E-state index >= 15 is 0 Å². The number of rotatable bonds is 5. The molecular formula is C25H17Cl2NO4S. The standard InChI is InChI=1S/C25H17Cl2NO4S/c1-15-4-2-3-5-17(15)14-28-23(29)22(33-25(28)31)13-18-12-20(27)10-11-21(18)32-24(30)16-6-8-19(26)9-7-16/h2-13H,14H2,1H3/b22-13-. The third-order valence-corrected chi connectivity index (χ3v) is 6.40. The van der Waals surface area contributed by atoms with Crippen LogP contribution in [0.15, 0.2) is 71.6 Å². The summed E-state index contributed by atoms with van der Waals surface area (Å²) in [5, 5.41) is 0.531. The monoisotopic (exact) mass is 497 g/mol. The van der Waals surface area contributed by atoms with Crippen molar-refractivity contribution in [3.63, 3.8) is 0 Å². The van der Waals surface area contributed by atoms with Gasteiger partial charge < -0.3 is 4.74 Å². The van der Waals surface area contributed by atoms with E-state index in [-0.39, 0.29) is 22.4 Å². The van der Waals surface area contributed by atoms with Crippen molar-refractivity contribution >= 4 is 58.2 Å². The number of hydrogen-bond donors (Lipinski definition) is 0. The van der Waals surface area contributed by atoms with Crippen molar-refractivity contribution in [1.82, 2.24) is 4.90 Å². The lowest BCUT2D eigenvalue weighted by Gasteiger charge is -2.14. The van der Waals surface area contributed by atoms with Gasteiger partial charge in [-0.25, -0.2) is 4.79 Å². The van der Waals surface area contributed by atoms with Crippen LogP contribution in [-0.4, -0.2) is 22.0 Å². The average Bonchev–Trinajstić information content (AvgIpc) is 3.05. The van der Waals surface area contributed by atoms with E-state index in [9.17, 15) is 14.4 Å². The first-order chi connectivity index (χ1) is 15.8. The second-order valence-corrected chi connectivity index (χ2v) is 9.14. The number of amides is 2. The predicted octanol–water partition coefficient (Wildman–Crippen LogP) is 6.76. The van der Waals surface area contributed by atoms with Crippen LogP contribution in [0.4, 0.5) is 4.79 Å². The molecule has 0 aromatic heterocycles. The molecule has 0 unspecified atom stereocenters. The predicted molar refractivity (Wildman–Crippen MR) is 131 cm³/mol. The van der Waals surface area contributed by atoms with Crippen LogP contribution in [0.3, 0.4) is 0 Å². The first kappa shape index (κ1) is 23.1. The van der Waals surface area contributed by atoms with E-state index in [4.69, 9.17) is 27.9 Å². The van der Waals surface area contributed by atoms with Crippen LogP contribution < -0.4 is 4.74 Å². The van der Waals surface area contributed by atoms with Gasteiger partial charge in [-0.3, -0.25) is 14.5 Å². The molecule has 33 heavy (non-hydrogen) atoms. The number of halogens is 2. The zero-order valence-corrected chi connectivity index (χ0v) is 19.7. The zero-order chi connectivity index (χ0) is 23.5. The Morgan fingerprint density at radius 3 is 2.42 bits per heavy atom. The van der Waals surface area contributed by atoms with Crippen LogP contribution in [0.1, 0.15) is 27.0 Å². The van der Waals surface area contributed by atoms with Gasteiger partial charge in [-0.05, 0) is 78.4 Å². The number of esters is 1. The number of imide groups is 1. The normalized spacial score (nSPS) is 14.8. The fraction of sp³-hybridized carbons (Fsp3) is 0.0800. The molecule has 3 aromatic rings. The molecule has 0 atom stereocenters. The molecule has 1 saturated heterocycles. The highest BCUT2D eigenvalue weighted by atomic mass is 35.5. The topological polar surface area (TPSA) is 63.7 Å². The lowest BCUT2D eigenvalue weighted by molar-refractivity contribution is -0.123. The zero-order valence-electron chi connectivity index (χ0n) is 17.4. The van der Waals surface area contributed by atoms with Crippen LogP contribution in [-0.2, 0) is 11.3 Å². The summed E-state index contributed by atoms with van der Waals surface area (Å²) in [7, 11) is 0. The lowest BCUT2D eigenvalue weighted by Crippen LogP contribution is -2.27. The molecule has 1 fully saturated rings. The first-order valence-electron chi connectivity index (χ1n) is 9.89. The van der Waals surface area contributed by atoms with Crippen molar-refractivity contribution in [2.24, 2.45) is 0 Å². The Morgan fingerprint density at radius 2 is 1.70 bits per heavy atom. The molecule has 3 aromatic carbocycles. The van der Waals surface area contributed by atoms with Gasteiger partial charge in [0.1, 0.15) is 5.75 Å². The maximum Gasteiger partial charge on any atom is 0.343 e. The summed E-state index contributed by atoms with van der Waals surface area (Å²) in [6, 6.07) is 18.5. The van der Waals surface area contributed by atoms with Crippen molar-refractivity contribution < 1.29 is 19.1 Å². The van der Waals surface area contributed by atoms with Crippen molar-refractivity contribution in [3.8, 4) is 5.75 Å². The molecule has 0 bridgehead atoms. The molecule has 0 aliphatic carbocycles. The fourth-order valence-corrected chi connectivity index (χ4v) is 4.34. The van der Waals surface area contributed by atoms with Crippen molar-refractivity contribution in [2.45, 2.75) is 13.5 Å². The molecule has 5 nitrogen and oxygen atoms in total. The smallest absolute Gasteiger partial charge is 0.343 e. The van der Waals surface area contributed by atoms with Gasteiger partial charge in [-0.15, -0.1) is 0 Å². The molecule has 4 rings (SSSR count). The Balaban J connectivity index is 1.59. The molecular weight excluding hydrogens is 481 g/mol. The van der Waals surface area contributed by atoms with E-state index in [1.807, 2.05) is 31.2 Å². The molecule has 0 radical (unpaired) electrons. The molecule has 0 spiro atoms. The summed E-state index contributed by atoms with van der Waals surface area (Å²) >= 11 is 12.8. The molecule has 1 aliphatic rings. The average molecular weight is 498 g/mol. The van der Waals surface area contributed by atoms with E-state index in [2.05, 4.69) is 0 Å². The van der Waals surface area contributed by atoms with Crippen LogP contribution >= 0.6 is 35.0 Å². The Morgan fingerprint density at radius 1 is 1.00 bits per heavy atom. The van der Waals surface area contributed by atoms with Crippen LogP contribution in [0.2, 0.25) is 10.0 Å². The Kier molecular flexibility index (Phi) is 6.88. The van der Waals surface area contributed by atoms with Gasteiger partial charge in [0.05, 0.1) is 17.0 Å². The highest BCUT2D eigenvalue weighted by molar-refractivity contribution is 8.18. The van der Waals surface area contributed by atoms with E-state index in [1.165, 1.54) is 11.0 Å². The molecule has 1 heterocycles. The minimum Gasteiger partial charge on any atom is -0.422 e. The highest BCUT2D eigenvalue weighted by Gasteiger charge is 2.35. The number of benzene rings is 3. The second-order valence-electron chi connectivity index (χ2n) is 7.27. The van der Waals surface area contributed by atoms with Gasteiger partial charge in [0.2, 0.25) is 0 Å². The van der Waals surface area contributed by atoms with Gasteiger partial charge in [-0.1, -0.05) is 47.5 Å². The van der Waals surface area contributed by atoms with E-state index < -0.39 is 11.9 Å². The minimum absolute atomic E-state index is 0.183. The summed E-state index contributed by atoms with van der Waals surface area (Å²) in [4.78, 5) is 39.5. The largest absolute Gasteiger partial charge is 0.422 e. The molecule has 0 saturated carbocycles. The summed E-state index contributed by atoms with van der Waals surface area (Å²) in [6.45, 7) is 2.11. The van der Waals surface area contributed by atoms with Gasteiger partial charge in [0.25, 0.3) is 11.1 Å². The Hall–Kier alpha value is -3.06. The van der Waals surface area contributed by atoms with Crippen LogP contribution in [0.5, 0.6) is 5.75 Å². The summed E-state index contributed by atoms with van der Waals surface area (Å²) in [6.07, 6.45) is 1.51. The van der Waals surface area contributed by atoms with Gasteiger partial charge in [0, 0.05) is 15.6 Å². The van der Waals surface area contributed by atoms with Gasteiger partial charge in [-0.2, -0.15) is 0 Å². The number of ether oxygens (including phenoxy) is 1. The summed E-state index contributed by atoms with van der Waals surface area (Å²) in [5.41, 5.74) is 2.61. The molecule has 2 amide bonds.